The van der Waals surface area contributed by atoms with Gasteiger partial charge in [-0.15, -0.1) is 0 Å². The van der Waals surface area contributed by atoms with E-state index in [2.05, 4.69) is 0 Å². The Balaban J connectivity index is 1.74. The van der Waals surface area contributed by atoms with Gasteiger partial charge in [0, 0.05) is 13.1 Å². The Morgan fingerprint density at radius 1 is 1.27 bits per heavy atom. The summed E-state index contributed by atoms with van der Waals surface area (Å²) in [5, 5.41) is 0. The van der Waals surface area contributed by atoms with Crippen LogP contribution in [0.15, 0.2) is 24.3 Å². The molecule has 0 N–H and O–H groups in total. The van der Waals surface area contributed by atoms with E-state index in [1.807, 2.05) is 0 Å². The van der Waals surface area contributed by atoms with Gasteiger partial charge in [0.25, 0.3) is 5.91 Å². The molecule has 1 unspecified atom stereocenters. The number of rotatable bonds is 6. The molecule has 0 aliphatic carbocycles. The lowest BCUT2D eigenvalue weighted by atomic mass is 9.97. The molecular formula is C19H24FNO5. The summed E-state index contributed by atoms with van der Waals surface area (Å²) < 4.78 is 23.0. The number of carbonyl (C=O) groups is 3. The second-order valence-corrected chi connectivity index (χ2v) is 6.52. The van der Waals surface area contributed by atoms with Crippen LogP contribution >= 0.6 is 0 Å². The molecule has 0 radical (unpaired) electrons. The Morgan fingerprint density at radius 3 is 2.58 bits per heavy atom. The Bertz CT molecular complexity index is 655. The zero-order valence-electron chi connectivity index (χ0n) is 15.1. The molecule has 6 nitrogen and oxygen atoms in total. The number of halogens is 1. The average Bonchev–Trinajstić information content (AvgIpc) is 2.65. The molecule has 26 heavy (non-hydrogen) atoms. The fourth-order valence-electron chi connectivity index (χ4n) is 3.00. The summed E-state index contributed by atoms with van der Waals surface area (Å²) >= 11 is 0. The van der Waals surface area contributed by atoms with Gasteiger partial charge >= 0.3 is 11.9 Å². The average molecular weight is 365 g/mol. The van der Waals surface area contributed by atoms with Crippen LogP contribution in [0.5, 0.6) is 0 Å². The molecule has 1 saturated heterocycles. The highest BCUT2D eigenvalue weighted by Crippen LogP contribution is 2.18. The predicted octanol–water partition coefficient (Wildman–Crippen LogP) is 1.96. The van der Waals surface area contributed by atoms with Gasteiger partial charge in [0.15, 0.2) is 6.61 Å². The summed E-state index contributed by atoms with van der Waals surface area (Å²) in [6, 6.07) is 6.04. The van der Waals surface area contributed by atoms with Crippen LogP contribution in [0.25, 0.3) is 0 Å². The second-order valence-electron chi connectivity index (χ2n) is 6.52. The molecule has 1 amide bonds. The van der Waals surface area contributed by atoms with Gasteiger partial charge in [0.05, 0.1) is 18.9 Å². The molecule has 1 aliphatic heterocycles. The largest absolute Gasteiger partial charge is 0.469 e. The molecule has 0 bridgehead atoms. The SMILES string of the molecule is COC(=O)C1CCN(C(=O)COC(=O)C(C)Cc2cccc(F)c2)CC1. The van der Waals surface area contributed by atoms with Crippen molar-refractivity contribution in [2.45, 2.75) is 26.2 Å². The van der Waals surface area contributed by atoms with Crippen molar-refractivity contribution >= 4 is 17.8 Å². The first-order valence-corrected chi connectivity index (χ1v) is 8.67. The molecular weight excluding hydrogens is 341 g/mol. The van der Waals surface area contributed by atoms with Crippen LogP contribution in [0, 0.1) is 17.7 Å². The van der Waals surface area contributed by atoms with Gasteiger partial charge < -0.3 is 14.4 Å². The number of hydrogen-bond donors (Lipinski definition) is 0. The molecule has 1 aromatic rings. The molecule has 1 heterocycles. The van der Waals surface area contributed by atoms with Crippen molar-refractivity contribution in [3.63, 3.8) is 0 Å². The van der Waals surface area contributed by atoms with Crippen LogP contribution in [0.3, 0.4) is 0 Å². The zero-order valence-corrected chi connectivity index (χ0v) is 15.1. The number of likely N-dealkylation sites (tertiary alicyclic amines) is 1. The standard InChI is InChI=1S/C19H24FNO5/c1-13(10-14-4-3-5-16(20)11-14)18(23)26-12-17(22)21-8-6-15(7-9-21)19(24)25-2/h3-5,11,13,15H,6-10,12H2,1-2H3. The Labute approximate surface area is 152 Å². The fraction of sp³-hybridized carbons (Fsp3) is 0.526. The molecule has 1 aromatic carbocycles. The monoisotopic (exact) mass is 365 g/mol. The highest BCUT2D eigenvalue weighted by atomic mass is 19.1. The van der Waals surface area contributed by atoms with Crippen LogP contribution in [-0.4, -0.2) is 49.6 Å². The number of benzene rings is 1. The summed E-state index contributed by atoms with van der Waals surface area (Å²) in [7, 11) is 1.35. The molecule has 7 heteroatoms. The van der Waals surface area contributed by atoms with Crippen molar-refractivity contribution in [1.29, 1.82) is 0 Å². The predicted molar refractivity (Wildman–Crippen MR) is 91.5 cm³/mol. The third-order valence-corrected chi connectivity index (χ3v) is 4.55. The van der Waals surface area contributed by atoms with Crippen molar-refractivity contribution < 1.29 is 28.2 Å². The number of nitrogens with zero attached hydrogens (tertiary/aromatic N) is 1. The van der Waals surface area contributed by atoms with Crippen LogP contribution in [0.2, 0.25) is 0 Å². The van der Waals surface area contributed by atoms with Crippen molar-refractivity contribution in [3.8, 4) is 0 Å². The number of carbonyl (C=O) groups excluding carboxylic acids is 3. The molecule has 2 rings (SSSR count). The van der Waals surface area contributed by atoms with Gasteiger partial charge in [-0.05, 0) is 37.0 Å². The number of ether oxygens (including phenoxy) is 2. The van der Waals surface area contributed by atoms with Crippen molar-refractivity contribution in [2.75, 3.05) is 26.8 Å². The third-order valence-electron chi connectivity index (χ3n) is 4.55. The number of methoxy groups -OCH3 is 1. The quantitative estimate of drug-likeness (QED) is 0.721. The highest BCUT2D eigenvalue weighted by Gasteiger charge is 2.28. The van der Waals surface area contributed by atoms with E-state index in [1.165, 1.54) is 19.2 Å². The highest BCUT2D eigenvalue weighted by molar-refractivity contribution is 5.81. The molecule has 1 aliphatic rings. The lowest BCUT2D eigenvalue weighted by Gasteiger charge is -2.30. The second kappa shape index (κ2) is 9.31. The fourth-order valence-corrected chi connectivity index (χ4v) is 3.00. The summed E-state index contributed by atoms with van der Waals surface area (Å²) in [6.07, 6.45) is 1.43. The van der Waals surface area contributed by atoms with E-state index < -0.39 is 11.9 Å². The van der Waals surface area contributed by atoms with Gasteiger partial charge in [-0.2, -0.15) is 0 Å². The number of esters is 2. The smallest absolute Gasteiger partial charge is 0.309 e. The van der Waals surface area contributed by atoms with E-state index in [0.717, 1.165) is 0 Å². The van der Waals surface area contributed by atoms with Crippen molar-refractivity contribution in [1.82, 2.24) is 4.90 Å². The Kier molecular flexibility index (Phi) is 7.12. The minimum Gasteiger partial charge on any atom is -0.469 e. The van der Waals surface area contributed by atoms with Gasteiger partial charge in [-0.3, -0.25) is 14.4 Å². The third kappa shape index (κ3) is 5.54. The van der Waals surface area contributed by atoms with E-state index in [9.17, 15) is 18.8 Å². The van der Waals surface area contributed by atoms with Crippen molar-refractivity contribution in [2.24, 2.45) is 11.8 Å². The maximum atomic E-state index is 13.2. The van der Waals surface area contributed by atoms with Crippen LogP contribution in [0.4, 0.5) is 4.39 Å². The summed E-state index contributed by atoms with van der Waals surface area (Å²) in [6.45, 7) is 2.23. The van der Waals surface area contributed by atoms with Crippen LogP contribution < -0.4 is 0 Å². The zero-order chi connectivity index (χ0) is 19.1. The first kappa shape index (κ1) is 19.9. The van der Waals surface area contributed by atoms with Crippen LogP contribution in [0.1, 0.15) is 25.3 Å². The summed E-state index contributed by atoms with van der Waals surface area (Å²) in [5.74, 6) is -2.04. The maximum absolute atomic E-state index is 13.2. The first-order chi connectivity index (χ1) is 12.4. The molecule has 0 saturated carbocycles. The number of hydrogen-bond acceptors (Lipinski definition) is 5. The van der Waals surface area contributed by atoms with E-state index in [0.29, 0.717) is 37.9 Å². The number of piperidine rings is 1. The summed E-state index contributed by atoms with van der Waals surface area (Å²) in [5.41, 5.74) is 0.700. The minimum absolute atomic E-state index is 0.183. The van der Waals surface area contributed by atoms with Crippen LogP contribution in [-0.2, 0) is 30.3 Å². The molecule has 1 fully saturated rings. The Hall–Kier alpha value is -2.44. The Morgan fingerprint density at radius 2 is 1.96 bits per heavy atom. The summed E-state index contributed by atoms with van der Waals surface area (Å²) in [4.78, 5) is 37.3. The minimum atomic E-state index is -0.493. The number of amides is 1. The molecule has 0 aromatic heterocycles. The van der Waals surface area contributed by atoms with E-state index in [4.69, 9.17) is 9.47 Å². The van der Waals surface area contributed by atoms with E-state index in [-0.39, 0.29) is 30.2 Å². The van der Waals surface area contributed by atoms with Gasteiger partial charge in [-0.25, -0.2) is 4.39 Å². The van der Waals surface area contributed by atoms with Crippen molar-refractivity contribution in [3.05, 3.63) is 35.6 Å². The molecule has 1 atom stereocenters. The topological polar surface area (TPSA) is 72.9 Å². The normalized spacial score (nSPS) is 16.0. The first-order valence-electron chi connectivity index (χ1n) is 8.67. The van der Waals surface area contributed by atoms with E-state index >= 15 is 0 Å². The van der Waals surface area contributed by atoms with Gasteiger partial charge in [0.1, 0.15) is 5.82 Å². The lowest BCUT2D eigenvalue weighted by Crippen LogP contribution is -2.42. The lowest BCUT2D eigenvalue weighted by molar-refractivity contribution is -0.156. The molecule has 142 valence electrons. The van der Waals surface area contributed by atoms with Gasteiger partial charge in [-0.1, -0.05) is 19.1 Å². The molecule has 0 spiro atoms. The van der Waals surface area contributed by atoms with E-state index in [1.54, 1.807) is 24.0 Å². The van der Waals surface area contributed by atoms with Gasteiger partial charge in [0.2, 0.25) is 0 Å². The maximum Gasteiger partial charge on any atom is 0.309 e.